The third-order valence-electron chi connectivity index (χ3n) is 0.976. The van der Waals surface area contributed by atoms with Gasteiger partial charge < -0.3 is 17.0 Å². The number of nitrogens with two attached hydrogens (primary N) is 3. The quantitative estimate of drug-likeness (QED) is 0.118. The molecule has 0 rings (SSSR count). The van der Waals surface area contributed by atoms with Gasteiger partial charge in [0.25, 0.3) is 0 Å². The molecule has 0 radical (unpaired) electrons. The Balaban J connectivity index is 3.93. The van der Waals surface area contributed by atoms with Crippen molar-refractivity contribution < 1.29 is 0 Å². The summed E-state index contributed by atoms with van der Waals surface area (Å²) >= 11 is 0. The molecule has 0 amide bonds. The van der Waals surface area contributed by atoms with Crippen LogP contribution in [0.3, 0.4) is 0 Å². The lowest BCUT2D eigenvalue weighted by Gasteiger charge is -2.08. The van der Waals surface area contributed by atoms with E-state index in [-0.39, 0.29) is 0 Å². The van der Waals surface area contributed by atoms with Crippen molar-refractivity contribution in [2.24, 2.45) is 22.5 Å². The van der Waals surface area contributed by atoms with E-state index in [1.807, 2.05) is 0 Å². The van der Waals surface area contributed by atoms with Gasteiger partial charge in [-0.05, 0) is 0 Å². The maximum Gasteiger partial charge on any atom is 0.153 e. The van der Waals surface area contributed by atoms with Crippen LogP contribution in [0.15, 0.2) is 5.10 Å². The summed E-state index contributed by atoms with van der Waals surface area (Å²) in [5.74, 6) is 12.6. The van der Waals surface area contributed by atoms with E-state index >= 15 is 0 Å². The van der Waals surface area contributed by atoms with Gasteiger partial charge in [0.15, 0.2) is 5.84 Å². The number of rotatable bonds is 2. The summed E-state index contributed by atoms with van der Waals surface area (Å²) in [6.07, 6.45) is 5.34. The van der Waals surface area contributed by atoms with Gasteiger partial charge in [0.1, 0.15) is 0 Å². The van der Waals surface area contributed by atoms with Gasteiger partial charge in [0, 0.05) is 6.42 Å². The highest BCUT2D eigenvalue weighted by Gasteiger charge is 2.06. The molecule has 0 aromatic rings. The van der Waals surface area contributed by atoms with Crippen LogP contribution in [-0.2, 0) is 0 Å². The summed E-state index contributed by atoms with van der Waals surface area (Å²) in [5, 5.41) is 3.29. The van der Waals surface area contributed by atoms with Crippen molar-refractivity contribution in [1.29, 1.82) is 0 Å². The van der Waals surface area contributed by atoms with E-state index in [9.17, 15) is 0 Å². The van der Waals surface area contributed by atoms with Crippen molar-refractivity contribution in [3.8, 4) is 12.3 Å². The molecule has 0 heterocycles. The van der Waals surface area contributed by atoms with Crippen molar-refractivity contribution in [3.05, 3.63) is 0 Å². The maximum absolute atomic E-state index is 5.45. The van der Waals surface area contributed by atoms with Crippen molar-refractivity contribution in [2.75, 3.05) is 0 Å². The van der Waals surface area contributed by atoms with Gasteiger partial charge in [0.2, 0.25) is 0 Å². The predicted molar refractivity (Wildman–Crippen MR) is 40.4 cm³/mol. The number of hydrazine groups is 1. The van der Waals surface area contributed by atoms with Crippen LogP contribution in [0.4, 0.5) is 0 Å². The lowest BCUT2D eigenvalue weighted by Crippen LogP contribution is -2.44. The average Bonchev–Trinajstić information content (AvgIpc) is 1.91. The van der Waals surface area contributed by atoms with E-state index in [1.54, 1.807) is 0 Å². The molecular weight excluding hydrogens is 130 g/mol. The van der Waals surface area contributed by atoms with E-state index in [4.69, 9.17) is 23.8 Å². The normalized spacial score (nSPS) is 13.9. The number of nitrogens with zero attached hydrogens (tertiary/aromatic N) is 1. The Morgan fingerprint density at radius 1 is 1.80 bits per heavy atom. The van der Waals surface area contributed by atoms with E-state index in [2.05, 4.69) is 16.4 Å². The highest BCUT2D eigenvalue weighted by Crippen LogP contribution is 1.84. The van der Waals surface area contributed by atoms with Gasteiger partial charge in [-0.1, -0.05) is 0 Å². The van der Waals surface area contributed by atoms with Gasteiger partial charge in [-0.15, -0.1) is 12.3 Å². The Morgan fingerprint density at radius 3 is 2.70 bits per heavy atom. The first-order valence-electron chi connectivity index (χ1n) is 2.69. The molecule has 10 heavy (non-hydrogen) atoms. The Morgan fingerprint density at radius 2 is 2.40 bits per heavy atom. The average molecular weight is 141 g/mol. The fourth-order valence-corrected chi connectivity index (χ4v) is 0.464. The second-order valence-electron chi connectivity index (χ2n) is 1.67. The molecule has 0 bridgehead atoms. The zero-order valence-electron chi connectivity index (χ0n) is 5.54. The van der Waals surface area contributed by atoms with E-state index in [1.165, 1.54) is 0 Å². The van der Waals surface area contributed by atoms with Crippen molar-refractivity contribution in [1.82, 2.24) is 5.43 Å². The van der Waals surface area contributed by atoms with Gasteiger partial charge in [0.05, 0.1) is 6.04 Å². The Bertz CT molecular complexity index is 156. The molecule has 56 valence electrons. The van der Waals surface area contributed by atoms with Gasteiger partial charge in [-0.25, -0.2) is 5.84 Å². The molecule has 0 aromatic carbocycles. The first-order chi connectivity index (χ1) is 4.76. The first kappa shape index (κ1) is 8.75. The van der Waals surface area contributed by atoms with E-state index in [0.717, 1.165) is 0 Å². The van der Waals surface area contributed by atoms with Gasteiger partial charge in [-0.2, -0.15) is 5.10 Å². The molecule has 0 fully saturated rings. The largest absolute Gasteiger partial charge is 0.321 e. The minimum Gasteiger partial charge on any atom is -0.321 e. The molecule has 0 aromatic heterocycles. The van der Waals surface area contributed by atoms with Crippen LogP contribution in [0, 0.1) is 12.3 Å². The smallest absolute Gasteiger partial charge is 0.153 e. The molecule has 5 nitrogen and oxygen atoms in total. The monoisotopic (exact) mass is 141 g/mol. The molecule has 0 spiro atoms. The zero-order valence-corrected chi connectivity index (χ0v) is 5.54. The molecule has 0 aliphatic rings. The second-order valence-corrected chi connectivity index (χ2v) is 1.67. The van der Waals surface area contributed by atoms with Gasteiger partial charge in [-0.3, -0.25) is 0 Å². The molecule has 0 unspecified atom stereocenters. The van der Waals surface area contributed by atoms with E-state index < -0.39 is 6.04 Å². The number of hydrogen-bond donors (Lipinski definition) is 4. The predicted octanol–water partition coefficient (Wildman–Crippen LogP) is -1.93. The maximum atomic E-state index is 5.45. The second kappa shape index (κ2) is 4.61. The van der Waals surface area contributed by atoms with Crippen molar-refractivity contribution >= 4 is 5.84 Å². The molecule has 5 heteroatoms. The molecule has 0 saturated carbocycles. The third-order valence-corrected chi connectivity index (χ3v) is 0.976. The number of nitrogens with one attached hydrogen (secondary N) is 1. The fourth-order valence-electron chi connectivity index (χ4n) is 0.464. The highest BCUT2D eigenvalue weighted by molar-refractivity contribution is 5.86. The fraction of sp³-hybridized carbons (Fsp3) is 0.400. The summed E-state index contributed by atoms with van der Waals surface area (Å²) < 4.78 is 0. The summed E-state index contributed by atoms with van der Waals surface area (Å²) in [7, 11) is 0. The van der Waals surface area contributed by atoms with Crippen LogP contribution in [0.2, 0.25) is 0 Å². The van der Waals surface area contributed by atoms with Crippen LogP contribution in [0.25, 0.3) is 0 Å². The lowest BCUT2D eigenvalue weighted by atomic mass is 10.2. The Labute approximate surface area is 59.6 Å². The zero-order chi connectivity index (χ0) is 7.98. The Kier molecular flexibility index (Phi) is 4.04. The first-order valence-corrected chi connectivity index (χ1v) is 2.69. The van der Waals surface area contributed by atoms with Crippen molar-refractivity contribution in [2.45, 2.75) is 12.5 Å². The Hall–Kier alpha value is -1.25. The topological polar surface area (TPSA) is 102 Å². The summed E-state index contributed by atoms with van der Waals surface area (Å²) in [6, 6.07) is -0.403. The minimum atomic E-state index is -0.403. The van der Waals surface area contributed by atoms with Crippen LogP contribution < -0.4 is 22.8 Å². The third kappa shape index (κ3) is 2.35. The lowest BCUT2D eigenvalue weighted by molar-refractivity contribution is 0.822. The number of hydrazone groups is 1. The summed E-state index contributed by atoms with van der Waals surface area (Å²) in [6.45, 7) is 0. The van der Waals surface area contributed by atoms with Crippen LogP contribution in [-0.4, -0.2) is 11.9 Å². The number of hydrogen-bond acceptors (Lipinski definition) is 4. The van der Waals surface area contributed by atoms with E-state index in [0.29, 0.717) is 12.3 Å². The summed E-state index contributed by atoms with van der Waals surface area (Å²) in [5.41, 5.74) is 7.69. The van der Waals surface area contributed by atoms with Crippen LogP contribution in [0.5, 0.6) is 0 Å². The van der Waals surface area contributed by atoms with Crippen LogP contribution in [0.1, 0.15) is 6.42 Å². The van der Waals surface area contributed by atoms with Crippen LogP contribution >= 0.6 is 0 Å². The highest BCUT2D eigenvalue weighted by atomic mass is 15.3. The SMILES string of the molecule is C#CC[C@H](N)/C(=N/N)NN. The molecule has 0 aliphatic heterocycles. The number of terminal acetylenes is 1. The molecule has 0 aliphatic carbocycles. The van der Waals surface area contributed by atoms with Crippen molar-refractivity contribution in [3.63, 3.8) is 0 Å². The standard InChI is InChI=1S/C5H11N5/c1-2-3-4(6)5(9-7)10-8/h1,4H,3,6-8H2,(H,9,10)/t4-/m0/s1. The molecule has 0 saturated heterocycles. The molecule has 1 atom stereocenters. The minimum absolute atomic E-state index is 0.304. The molecule has 7 N–H and O–H groups in total. The summed E-state index contributed by atoms with van der Waals surface area (Å²) in [4.78, 5) is 0. The number of amidine groups is 1. The van der Waals surface area contributed by atoms with Gasteiger partial charge >= 0.3 is 0 Å². The molecular formula is C5H11N5.